The molecule has 0 radical (unpaired) electrons. The van der Waals surface area contributed by atoms with Gasteiger partial charge in [-0.15, -0.1) is 0 Å². The number of hydrogen-bond donors (Lipinski definition) is 3. The predicted octanol–water partition coefficient (Wildman–Crippen LogP) is 2.50. The van der Waals surface area contributed by atoms with Gasteiger partial charge in [-0.25, -0.2) is 4.79 Å². The first-order valence-electron chi connectivity index (χ1n) is 7.05. The molecule has 2 amide bonds. The summed E-state index contributed by atoms with van der Waals surface area (Å²) < 4.78 is 10.7. The summed E-state index contributed by atoms with van der Waals surface area (Å²) in [5, 5.41) is 14.2. The standard InChI is InChI=1S/C16H20N2O4/c1-12(9-19)17-16(20)18-14-5-2-4-13(8-14)10-21-11-15-6-3-7-22-15/h2-8,12,19H,9-11H2,1H3,(H2,17,18,20)/t12-/m0/s1. The van der Waals surface area contributed by atoms with E-state index in [1.54, 1.807) is 19.3 Å². The highest BCUT2D eigenvalue weighted by Crippen LogP contribution is 2.12. The molecule has 1 heterocycles. The number of aliphatic hydroxyl groups is 1. The first kappa shape index (κ1) is 16.1. The van der Waals surface area contributed by atoms with Crippen LogP contribution in [0.4, 0.5) is 10.5 Å². The van der Waals surface area contributed by atoms with Crippen molar-refractivity contribution in [2.45, 2.75) is 26.2 Å². The summed E-state index contributed by atoms with van der Waals surface area (Å²) in [7, 11) is 0. The minimum atomic E-state index is -0.352. The summed E-state index contributed by atoms with van der Waals surface area (Å²) in [6.45, 7) is 2.44. The van der Waals surface area contributed by atoms with Gasteiger partial charge >= 0.3 is 6.03 Å². The van der Waals surface area contributed by atoms with Crippen LogP contribution in [0.5, 0.6) is 0 Å². The molecule has 2 rings (SSSR count). The fourth-order valence-electron chi connectivity index (χ4n) is 1.84. The highest BCUT2D eigenvalue weighted by atomic mass is 16.5. The number of hydrogen-bond acceptors (Lipinski definition) is 4. The van der Waals surface area contributed by atoms with E-state index >= 15 is 0 Å². The minimum absolute atomic E-state index is 0.103. The Morgan fingerprint density at radius 3 is 2.91 bits per heavy atom. The van der Waals surface area contributed by atoms with Crippen LogP contribution in [-0.2, 0) is 18.0 Å². The SMILES string of the molecule is C[C@@H](CO)NC(=O)Nc1cccc(COCc2ccco2)c1. The maximum Gasteiger partial charge on any atom is 0.319 e. The van der Waals surface area contributed by atoms with Gasteiger partial charge in [-0.05, 0) is 36.8 Å². The van der Waals surface area contributed by atoms with Gasteiger partial charge in [-0.3, -0.25) is 0 Å². The third kappa shape index (κ3) is 5.23. The molecule has 0 aliphatic carbocycles. The van der Waals surface area contributed by atoms with Crippen LogP contribution in [0.15, 0.2) is 47.1 Å². The molecule has 2 aromatic rings. The second-order valence-electron chi connectivity index (χ2n) is 4.95. The van der Waals surface area contributed by atoms with Crippen LogP contribution in [0.1, 0.15) is 18.2 Å². The summed E-state index contributed by atoms with van der Waals surface area (Å²) in [4.78, 5) is 11.7. The van der Waals surface area contributed by atoms with E-state index in [-0.39, 0.29) is 18.7 Å². The Morgan fingerprint density at radius 1 is 1.32 bits per heavy atom. The molecule has 6 heteroatoms. The normalized spacial score (nSPS) is 11.9. The molecule has 0 fully saturated rings. The van der Waals surface area contributed by atoms with Crippen LogP contribution < -0.4 is 10.6 Å². The largest absolute Gasteiger partial charge is 0.467 e. The van der Waals surface area contributed by atoms with Crippen molar-refractivity contribution in [2.24, 2.45) is 0 Å². The molecule has 0 unspecified atom stereocenters. The average Bonchev–Trinajstić information content (AvgIpc) is 3.00. The Kier molecular flexibility index (Phi) is 6.00. The van der Waals surface area contributed by atoms with Gasteiger partial charge in [-0.2, -0.15) is 0 Å². The Hall–Kier alpha value is -2.31. The molecule has 3 N–H and O–H groups in total. The van der Waals surface area contributed by atoms with Crippen molar-refractivity contribution in [1.82, 2.24) is 5.32 Å². The summed E-state index contributed by atoms with van der Waals surface area (Å²) in [6.07, 6.45) is 1.61. The molecule has 0 saturated heterocycles. The average molecular weight is 304 g/mol. The van der Waals surface area contributed by atoms with Crippen LogP contribution in [0, 0.1) is 0 Å². The zero-order valence-electron chi connectivity index (χ0n) is 12.4. The fourth-order valence-corrected chi connectivity index (χ4v) is 1.84. The van der Waals surface area contributed by atoms with E-state index < -0.39 is 0 Å². The Bertz CT molecular complexity index is 584. The van der Waals surface area contributed by atoms with E-state index in [0.29, 0.717) is 18.9 Å². The molecule has 0 aliphatic heterocycles. The molecular formula is C16H20N2O4. The van der Waals surface area contributed by atoms with Crippen molar-refractivity contribution >= 4 is 11.7 Å². The predicted molar refractivity (Wildman–Crippen MR) is 82.3 cm³/mol. The zero-order valence-corrected chi connectivity index (χ0v) is 12.4. The maximum atomic E-state index is 11.7. The van der Waals surface area contributed by atoms with Crippen LogP contribution >= 0.6 is 0 Å². The first-order chi connectivity index (χ1) is 10.7. The molecule has 1 atom stereocenters. The van der Waals surface area contributed by atoms with Crippen molar-refractivity contribution in [3.63, 3.8) is 0 Å². The van der Waals surface area contributed by atoms with Crippen LogP contribution in [-0.4, -0.2) is 23.8 Å². The summed E-state index contributed by atoms with van der Waals surface area (Å²) in [5.41, 5.74) is 1.61. The summed E-state index contributed by atoms with van der Waals surface area (Å²) in [6, 6.07) is 10.4. The smallest absolute Gasteiger partial charge is 0.319 e. The number of carbonyl (C=O) groups is 1. The Labute approximate surface area is 129 Å². The lowest BCUT2D eigenvalue weighted by atomic mass is 10.2. The van der Waals surface area contributed by atoms with Gasteiger partial charge in [0.25, 0.3) is 0 Å². The molecule has 22 heavy (non-hydrogen) atoms. The number of nitrogens with one attached hydrogen (secondary N) is 2. The lowest BCUT2D eigenvalue weighted by Gasteiger charge is -2.12. The number of urea groups is 1. The number of ether oxygens (including phenoxy) is 1. The molecule has 0 saturated carbocycles. The number of benzene rings is 1. The third-order valence-corrected chi connectivity index (χ3v) is 2.93. The van der Waals surface area contributed by atoms with E-state index in [1.165, 1.54) is 0 Å². The van der Waals surface area contributed by atoms with E-state index in [4.69, 9.17) is 14.3 Å². The summed E-state index contributed by atoms with van der Waals surface area (Å²) >= 11 is 0. The van der Waals surface area contributed by atoms with Gasteiger partial charge in [0.1, 0.15) is 12.4 Å². The highest BCUT2D eigenvalue weighted by Gasteiger charge is 2.06. The van der Waals surface area contributed by atoms with Gasteiger partial charge in [0.05, 0.1) is 25.5 Å². The van der Waals surface area contributed by atoms with Crippen molar-refractivity contribution < 1.29 is 19.1 Å². The highest BCUT2D eigenvalue weighted by molar-refractivity contribution is 5.89. The monoisotopic (exact) mass is 304 g/mol. The molecule has 1 aromatic heterocycles. The second kappa shape index (κ2) is 8.21. The number of anilines is 1. The number of aliphatic hydroxyl groups excluding tert-OH is 1. The number of carbonyl (C=O) groups excluding carboxylic acids is 1. The molecule has 0 bridgehead atoms. The molecule has 0 spiro atoms. The molecule has 6 nitrogen and oxygen atoms in total. The third-order valence-electron chi connectivity index (χ3n) is 2.93. The topological polar surface area (TPSA) is 83.7 Å². The maximum absolute atomic E-state index is 11.7. The van der Waals surface area contributed by atoms with Crippen LogP contribution in [0.2, 0.25) is 0 Å². The first-order valence-corrected chi connectivity index (χ1v) is 7.05. The van der Waals surface area contributed by atoms with Crippen LogP contribution in [0.25, 0.3) is 0 Å². The number of rotatable bonds is 7. The van der Waals surface area contributed by atoms with E-state index in [9.17, 15) is 4.79 Å². The lowest BCUT2D eigenvalue weighted by molar-refractivity contribution is 0.0930. The zero-order chi connectivity index (χ0) is 15.8. The van der Waals surface area contributed by atoms with Crippen molar-refractivity contribution in [2.75, 3.05) is 11.9 Å². The van der Waals surface area contributed by atoms with Crippen molar-refractivity contribution in [3.8, 4) is 0 Å². The van der Waals surface area contributed by atoms with Gasteiger partial charge in [0.2, 0.25) is 0 Å². The van der Waals surface area contributed by atoms with E-state index in [0.717, 1.165) is 11.3 Å². The lowest BCUT2D eigenvalue weighted by Crippen LogP contribution is -2.38. The Balaban J connectivity index is 1.82. The number of amides is 2. The summed E-state index contributed by atoms with van der Waals surface area (Å²) in [5.74, 6) is 0.770. The van der Waals surface area contributed by atoms with Gasteiger partial charge in [0, 0.05) is 5.69 Å². The number of furan rings is 1. The van der Waals surface area contributed by atoms with Gasteiger partial charge in [-0.1, -0.05) is 12.1 Å². The molecule has 0 aliphatic rings. The fraction of sp³-hybridized carbons (Fsp3) is 0.312. The van der Waals surface area contributed by atoms with Crippen LogP contribution in [0.3, 0.4) is 0 Å². The second-order valence-corrected chi connectivity index (χ2v) is 4.95. The van der Waals surface area contributed by atoms with E-state index in [2.05, 4.69) is 10.6 Å². The quantitative estimate of drug-likeness (QED) is 0.734. The van der Waals surface area contributed by atoms with Crippen molar-refractivity contribution in [1.29, 1.82) is 0 Å². The minimum Gasteiger partial charge on any atom is -0.467 e. The van der Waals surface area contributed by atoms with Gasteiger partial charge in [0.15, 0.2) is 0 Å². The molecular weight excluding hydrogens is 284 g/mol. The Morgan fingerprint density at radius 2 is 2.18 bits per heavy atom. The molecule has 1 aromatic carbocycles. The van der Waals surface area contributed by atoms with Gasteiger partial charge < -0.3 is 24.9 Å². The van der Waals surface area contributed by atoms with Crippen molar-refractivity contribution in [3.05, 3.63) is 54.0 Å². The van der Waals surface area contributed by atoms with E-state index in [1.807, 2.05) is 30.3 Å². The molecule has 118 valence electrons.